The van der Waals surface area contributed by atoms with Crippen LogP contribution in [0.25, 0.3) is 0 Å². The highest BCUT2D eigenvalue weighted by molar-refractivity contribution is 5.48. The molecule has 0 spiro atoms. The largest absolute Gasteiger partial charge is 0.497 e. The molecule has 0 radical (unpaired) electrons. The van der Waals surface area contributed by atoms with Gasteiger partial charge >= 0.3 is 0 Å². The number of rotatable bonds is 7. The summed E-state index contributed by atoms with van der Waals surface area (Å²) < 4.78 is 21.6. The molecule has 3 aromatic carbocycles. The minimum Gasteiger partial charge on any atom is -0.497 e. The minimum atomic E-state index is -0.186. The van der Waals surface area contributed by atoms with Crippen LogP contribution in [0.3, 0.4) is 0 Å². The van der Waals surface area contributed by atoms with Gasteiger partial charge in [-0.3, -0.25) is 4.90 Å². The number of tetrazole rings is 1. The quantitative estimate of drug-likeness (QED) is 0.420. The third-order valence-corrected chi connectivity index (χ3v) is 6.28. The van der Waals surface area contributed by atoms with Crippen molar-refractivity contribution in [3.63, 3.8) is 0 Å². The Morgan fingerprint density at radius 1 is 0.882 bits per heavy atom. The number of hydrogen-bond donors (Lipinski definition) is 0. The molecule has 4 aromatic rings. The fourth-order valence-electron chi connectivity index (χ4n) is 4.51. The topological polar surface area (TPSA) is 59.3 Å². The fourth-order valence-corrected chi connectivity index (χ4v) is 4.51. The smallest absolute Gasteiger partial charge is 0.173 e. The summed E-state index contributed by atoms with van der Waals surface area (Å²) in [6.45, 7) is 3.53. The Morgan fingerprint density at radius 3 is 2.29 bits per heavy atom. The molecule has 0 bridgehead atoms. The molecule has 2 heterocycles. The van der Waals surface area contributed by atoms with Gasteiger partial charge in [0.2, 0.25) is 0 Å². The van der Waals surface area contributed by atoms with Crippen LogP contribution in [0.1, 0.15) is 23.0 Å². The van der Waals surface area contributed by atoms with Gasteiger partial charge in [0, 0.05) is 26.2 Å². The second-order valence-corrected chi connectivity index (χ2v) is 8.33. The second kappa shape index (κ2) is 10.0. The van der Waals surface area contributed by atoms with Crippen molar-refractivity contribution < 1.29 is 9.13 Å². The molecule has 5 rings (SSSR count). The maximum Gasteiger partial charge on any atom is 0.173 e. The number of halogens is 1. The van der Waals surface area contributed by atoms with Gasteiger partial charge in [-0.15, -0.1) is 5.10 Å². The van der Waals surface area contributed by atoms with Crippen molar-refractivity contribution in [3.05, 3.63) is 102 Å². The average Bonchev–Trinajstić information content (AvgIpc) is 3.33. The predicted molar refractivity (Wildman–Crippen MR) is 128 cm³/mol. The molecule has 1 aliphatic rings. The van der Waals surface area contributed by atoms with Gasteiger partial charge in [0.1, 0.15) is 11.6 Å². The lowest BCUT2D eigenvalue weighted by Gasteiger charge is -2.40. The average molecular weight is 459 g/mol. The molecule has 174 valence electrons. The van der Waals surface area contributed by atoms with Crippen LogP contribution in [0.5, 0.6) is 5.75 Å². The number of ether oxygens (including phenoxy) is 1. The molecule has 1 aromatic heterocycles. The molecule has 0 N–H and O–H groups in total. The molecule has 1 aliphatic heterocycles. The van der Waals surface area contributed by atoms with E-state index in [0.717, 1.165) is 35.8 Å². The molecule has 7 nitrogen and oxygen atoms in total. The number of para-hydroxylation sites is 1. The van der Waals surface area contributed by atoms with Gasteiger partial charge in [-0.05, 0) is 45.8 Å². The van der Waals surface area contributed by atoms with E-state index in [1.54, 1.807) is 13.2 Å². The number of methoxy groups -OCH3 is 1. The Kier molecular flexibility index (Phi) is 6.49. The van der Waals surface area contributed by atoms with E-state index in [9.17, 15) is 4.39 Å². The SMILES string of the molecule is COc1ccc(C(c2nnnn2Cc2ccccc2)N2CCN(c3ccccc3F)CC2)cc1. The normalized spacial score (nSPS) is 15.3. The molecule has 1 saturated heterocycles. The summed E-state index contributed by atoms with van der Waals surface area (Å²) in [5.41, 5.74) is 2.87. The summed E-state index contributed by atoms with van der Waals surface area (Å²) in [5.74, 6) is 1.40. The Hall–Kier alpha value is -3.78. The number of aromatic nitrogens is 4. The molecule has 1 atom stereocenters. The van der Waals surface area contributed by atoms with E-state index in [1.807, 2.05) is 47.1 Å². The Labute approximate surface area is 198 Å². The third kappa shape index (κ3) is 4.63. The number of piperazine rings is 1. The lowest BCUT2D eigenvalue weighted by molar-refractivity contribution is 0.201. The highest BCUT2D eigenvalue weighted by atomic mass is 19.1. The molecule has 34 heavy (non-hydrogen) atoms. The van der Waals surface area contributed by atoms with Crippen molar-refractivity contribution in [1.29, 1.82) is 0 Å². The molecular formula is C26H27FN6O. The zero-order valence-corrected chi connectivity index (χ0v) is 19.1. The zero-order valence-electron chi connectivity index (χ0n) is 19.1. The van der Waals surface area contributed by atoms with Crippen LogP contribution in [0.4, 0.5) is 10.1 Å². The number of anilines is 1. The number of nitrogens with zero attached hydrogens (tertiary/aromatic N) is 6. The van der Waals surface area contributed by atoms with Crippen LogP contribution in [0.15, 0.2) is 78.9 Å². The summed E-state index contributed by atoms with van der Waals surface area (Å²) in [6, 6.07) is 25.0. The lowest BCUT2D eigenvalue weighted by atomic mass is 10.0. The van der Waals surface area contributed by atoms with Crippen molar-refractivity contribution in [2.75, 3.05) is 38.2 Å². The molecule has 1 unspecified atom stereocenters. The standard InChI is InChI=1S/C26H27FN6O/c1-34-22-13-11-21(12-14-22)25(26-28-29-30-33(26)19-20-7-3-2-4-8-20)32-17-15-31(16-18-32)24-10-6-5-9-23(24)27/h2-14,25H,15-19H2,1H3. The lowest BCUT2D eigenvalue weighted by Crippen LogP contribution is -2.48. The number of hydrogen-bond acceptors (Lipinski definition) is 6. The minimum absolute atomic E-state index is 0.132. The first-order valence-electron chi connectivity index (χ1n) is 11.4. The maximum absolute atomic E-state index is 14.4. The predicted octanol–water partition coefficient (Wildman–Crippen LogP) is 3.78. The first-order valence-corrected chi connectivity index (χ1v) is 11.4. The third-order valence-electron chi connectivity index (χ3n) is 6.28. The summed E-state index contributed by atoms with van der Waals surface area (Å²) in [7, 11) is 1.66. The van der Waals surface area contributed by atoms with Gasteiger partial charge in [0.05, 0.1) is 25.4 Å². The number of benzene rings is 3. The van der Waals surface area contributed by atoms with Crippen LogP contribution in [0, 0.1) is 5.82 Å². The summed E-state index contributed by atoms with van der Waals surface area (Å²) >= 11 is 0. The first kappa shape index (κ1) is 22.0. The fraction of sp³-hybridized carbons (Fsp3) is 0.269. The Morgan fingerprint density at radius 2 is 1.59 bits per heavy atom. The molecule has 8 heteroatoms. The van der Waals surface area contributed by atoms with Gasteiger partial charge in [0.25, 0.3) is 0 Å². The van der Waals surface area contributed by atoms with E-state index in [2.05, 4.69) is 49.6 Å². The van der Waals surface area contributed by atoms with Crippen molar-refractivity contribution in [1.82, 2.24) is 25.1 Å². The van der Waals surface area contributed by atoms with E-state index in [4.69, 9.17) is 4.74 Å². The van der Waals surface area contributed by atoms with Crippen molar-refractivity contribution in [2.24, 2.45) is 0 Å². The van der Waals surface area contributed by atoms with Crippen LogP contribution in [-0.4, -0.2) is 58.4 Å². The molecule has 1 fully saturated rings. The summed E-state index contributed by atoms with van der Waals surface area (Å²) in [4.78, 5) is 4.47. The highest BCUT2D eigenvalue weighted by Crippen LogP contribution is 2.31. The maximum atomic E-state index is 14.4. The van der Waals surface area contributed by atoms with Crippen LogP contribution in [0.2, 0.25) is 0 Å². The van der Waals surface area contributed by atoms with Gasteiger partial charge in [-0.1, -0.05) is 54.6 Å². The molecular weight excluding hydrogens is 431 g/mol. The van der Waals surface area contributed by atoms with Gasteiger partial charge < -0.3 is 9.64 Å². The zero-order chi connectivity index (χ0) is 23.3. The van der Waals surface area contributed by atoms with E-state index in [-0.39, 0.29) is 11.9 Å². The van der Waals surface area contributed by atoms with E-state index in [1.165, 1.54) is 6.07 Å². The first-order chi connectivity index (χ1) is 16.7. The Bertz CT molecular complexity index is 1210. The van der Waals surface area contributed by atoms with Crippen LogP contribution < -0.4 is 9.64 Å². The molecule has 0 saturated carbocycles. The molecule has 0 amide bonds. The molecule has 0 aliphatic carbocycles. The van der Waals surface area contributed by atoms with E-state index in [0.29, 0.717) is 25.3 Å². The van der Waals surface area contributed by atoms with E-state index < -0.39 is 0 Å². The highest BCUT2D eigenvalue weighted by Gasteiger charge is 2.31. The van der Waals surface area contributed by atoms with Crippen molar-refractivity contribution in [2.45, 2.75) is 12.6 Å². The van der Waals surface area contributed by atoms with Crippen LogP contribution in [-0.2, 0) is 6.54 Å². The van der Waals surface area contributed by atoms with E-state index >= 15 is 0 Å². The monoisotopic (exact) mass is 458 g/mol. The second-order valence-electron chi connectivity index (χ2n) is 8.33. The van der Waals surface area contributed by atoms with Crippen LogP contribution >= 0.6 is 0 Å². The van der Waals surface area contributed by atoms with Crippen molar-refractivity contribution in [3.8, 4) is 5.75 Å². The van der Waals surface area contributed by atoms with Gasteiger partial charge in [-0.25, -0.2) is 9.07 Å². The van der Waals surface area contributed by atoms with Gasteiger partial charge in [-0.2, -0.15) is 0 Å². The Balaban J connectivity index is 1.43. The van der Waals surface area contributed by atoms with Gasteiger partial charge in [0.15, 0.2) is 5.82 Å². The summed E-state index contributed by atoms with van der Waals surface area (Å²) in [6.07, 6.45) is 0. The summed E-state index contributed by atoms with van der Waals surface area (Å²) in [5, 5.41) is 12.8. The van der Waals surface area contributed by atoms with Crippen molar-refractivity contribution >= 4 is 5.69 Å².